The van der Waals surface area contributed by atoms with Gasteiger partial charge in [-0.2, -0.15) is 0 Å². The zero-order chi connectivity index (χ0) is 22.2. The van der Waals surface area contributed by atoms with Crippen LogP contribution in [0.2, 0.25) is 0 Å². The zero-order valence-corrected chi connectivity index (χ0v) is 18.3. The molecule has 6 heteroatoms. The molecular weight excluding hydrogens is 384 g/mol. The Labute approximate surface area is 179 Å². The van der Waals surface area contributed by atoms with E-state index >= 15 is 0 Å². The van der Waals surface area contributed by atoms with Gasteiger partial charge in [-0.25, -0.2) is 0 Å². The average Bonchev–Trinajstić information content (AvgIpc) is 3.44. The van der Waals surface area contributed by atoms with Gasteiger partial charge < -0.3 is 20.1 Å². The molecule has 1 aliphatic carbocycles. The number of carbonyl (C=O) groups is 2. The predicted molar refractivity (Wildman–Crippen MR) is 115 cm³/mol. The van der Waals surface area contributed by atoms with E-state index in [-0.39, 0.29) is 17.1 Å². The number of unbranched alkanes of at least 4 members (excludes halogenated alkanes) is 4. The number of ether oxygens (including phenoxy) is 1. The lowest BCUT2D eigenvalue weighted by atomic mass is 9.87. The molecule has 1 saturated carbocycles. The molecule has 0 saturated heterocycles. The first-order chi connectivity index (χ1) is 14.2. The molecule has 0 atom stereocenters. The normalized spacial score (nSPS) is 15.0. The number of phenolic OH excluding ortho intramolecular Hbond substituents is 2. The van der Waals surface area contributed by atoms with E-state index < -0.39 is 11.4 Å². The third-order valence-corrected chi connectivity index (χ3v) is 6.29. The van der Waals surface area contributed by atoms with Crippen LogP contribution in [0.25, 0.3) is 0 Å². The van der Waals surface area contributed by atoms with Gasteiger partial charge in [-0.15, -0.1) is 0 Å². The SMILES string of the molecule is CC(C)(CCCCCc1cc(O)c(CCCCCC2(OC=O)CC2)cc1O)C(=O)O. The highest BCUT2D eigenvalue weighted by atomic mass is 16.5. The molecule has 2 rings (SSSR count). The van der Waals surface area contributed by atoms with Gasteiger partial charge in [0.25, 0.3) is 6.47 Å². The van der Waals surface area contributed by atoms with Gasteiger partial charge in [0.15, 0.2) is 0 Å². The Bertz CT molecular complexity index is 721. The molecule has 0 heterocycles. The van der Waals surface area contributed by atoms with Crippen molar-refractivity contribution >= 4 is 12.4 Å². The maximum absolute atomic E-state index is 11.1. The summed E-state index contributed by atoms with van der Waals surface area (Å²) in [6.07, 6.45) is 10.2. The van der Waals surface area contributed by atoms with Crippen LogP contribution in [0.4, 0.5) is 0 Å². The topological polar surface area (TPSA) is 104 Å². The van der Waals surface area contributed by atoms with Gasteiger partial charge >= 0.3 is 5.97 Å². The minimum Gasteiger partial charge on any atom is -0.508 e. The number of carbonyl (C=O) groups excluding carboxylic acids is 1. The summed E-state index contributed by atoms with van der Waals surface area (Å²) in [7, 11) is 0. The number of hydrogen-bond acceptors (Lipinski definition) is 5. The second-order valence-corrected chi connectivity index (χ2v) is 9.32. The fourth-order valence-electron chi connectivity index (χ4n) is 3.84. The third-order valence-electron chi connectivity index (χ3n) is 6.29. The quantitative estimate of drug-likeness (QED) is 0.207. The van der Waals surface area contributed by atoms with Crippen LogP contribution in [0.5, 0.6) is 11.5 Å². The summed E-state index contributed by atoms with van der Waals surface area (Å²) < 4.78 is 5.15. The molecule has 1 aromatic carbocycles. The molecular formula is C24H36O6. The van der Waals surface area contributed by atoms with Crippen LogP contribution in [0, 0.1) is 5.41 Å². The van der Waals surface area contributed by atoms with Crippen molar-refractivity contribution in [3.8, 4) is 11.5 Å². The summed E-state index contributed by atoms with van der Waals surface area (Å²) >= 11 is 0. The molecule has 6 nitrogen and oxygen atoms in total. The second-order valence-electron chi connectivity index (χ2n) is 9.32. The lowest BCUT2D eigenvalue weighted by Gasteiger charge is -2.18. The van der Waals surface area contributed by atoms with E-state index in [4.69, 9.17) is 9.84 Å². The van der Waals surface area contributed by atoms with Crippen LogP contribution >= 0.6 is 0 Å². The second kappa shape index (κ2) is 10.7. The Kier molecular flexibility index (Phi) is 8.56. The molecule has 0 radical (unpaired) electrons. The van der Waals surface area contributed by atoms with Crippen molar-refractivity contribution in [3.05, 3.63) is 23.3 Å². The lowest BCUT2D eigenvalue weighted by Crippen LogP contribution is -2.23. The molecule has 1 fully saturated rings. The summed E-state index contributed by atoms with van der Waals surface area (Å²) in [6, 6.07) is 3.32. The number of carboxylic acid groups (broad SMARTS) is 1. The van der Waals surface area contributed by atoms with Crippen molar-refractivity contribution < 1.29 is 29.6 Å². The van der Waals surface area contributed by atoms with Crippen molar-refractivity contribution in [2.24, 2.45) is 5.41 Å². The van der Waals surface area contributed by atoms with Crippen LogP contribution in [0.3, 0.4) is 0 Å². The summed E-state index contributed by atoms with van der Waals surface area (Å²) in [5.41, 5.74) is 0.580. The van der Waals surface area contributed by atoms with Gasteiger partial charge in [-0.3, -0.25) is 9.59 Å². The molecule has 1 aromatic rings. The Balaban J connectivity index is 1.70. The smallest absolute Gasteiger partial charge is 0.309 e. The number of phenols is 2. The Morgan fingerprint density at radius 3 is 2.00 bits per heavy atom. The highest BCUT2D eigenvalue weighted by Gasteiger charge is 2.44. The Morgan fingerprint density at radius 1 is 1.00 bits per heavy atom. The Hall–Kier alpha value is -2.24. The Morgan fingerprint density at radius 2 is 1.53 bits per heavy atom. The molecule has 168 valence electrons. The maximum Gasteiger partial charge on any atom is 0.309 e. The van der Waals surface area contributed by atoms with E-state index in [0.717, 1.165) is 68.9 Å². The third kappa shape index (κ3) is 7.22. The van der Waals surface area contributed by atoms with E-state index in [1.54, 1.807) is 26.0 Å². The number of aromatic hydroxyl groups is 2. The van der Waals surface area contributed by atoms with E-state index in [1.807, 2.05) is 0 Å². The first-order valence-corrected chi connectivity index (χ1v) is 11.1. The molecule has 0 bridgehead atoms. The minimum absolute atomic E-state index is 0.201. The van der Waals surface area contributed by atoms with Gasteiger partial charge in [-0.1, -0.05) is 19.3 Å². The van der Waals surface area contributed by atoms with Crippen molar-refractivity contribution in [1.29, 1.82) is 0 Å². The van der Waals surface area contributed by atoms with Crippen LogP contribution in [0.15, 0.2) is 12.1 Å². The highest BCUT2D eigenvalue weighted by Crippen LogP contribution is 2.43. The van der Waals surface area contributed by atoms with Crippen molar-refractivity contribution in [3.63, 3.8) is 0 Å². The summed E-state index contributed by atoms with van der Waals surface area (Å²) in [6.45, 7) is 4.02. The maximum atomic E-state index is 11.1. The van der Waals surface area contributed by atoms with E-state index in [9.17, 15) is 19.8 Å². The molecule has 30 heavy (non-hydrogen) atoms. The van der Waals surface area contributed by atoms with Crippen LogP contribution < -0.4 is 0 Å². The largest absolute Gasteiger partial charge is 0.508 e. The number of hydrogen-bond donors (Lipinski definition) is 3. The molecule has 0 unspecified atom stereocenters. The van der Waals surface area contributed by atoms with Crippen LogP contribution in [-0.4, -0.2) is 33.4 Å². The fraction of sp³-hybridized carbons (Fsp3) is 0.667. The highest BCUT2D eigenvalue weighted by molar-refractivity contribution is 5.73. The molecule has 0 aliphatic heterocycles. The molecule has 0 spiro atoms. The predicted octanol–water partition coefficient (Wildman–Crippen LogP) is 5.12. The molecule has 0 amide bonds. The monoisotopic (exact) mass is 420 g/mol. The van der Waals surface area contributed by atoms with Crippen molar-refractivity contribution in [2.45, 2.75) is 96.5 Å². The first-order valence-electron chi connectivity index (χ1n) is 11.1. The minimum atomic E-state index is -0.776. The number of rotatable bonds is 15. The zero-order valence-electron chi connectivity index (χ0n) is 18.3. The van der Waals surface area contributed by atoms with Gasteiger partial charge in [0.1, 0.15) is 17.1 Å². The van der Waals surface area contributed by atoms with Crippen LogP contribution in [-0.2, 0) is 27.2 Å². The molecule has 1 aliphatic rings. The molecule has 0 aromatic heterocycles. The van der Waals surface area contributed by atoms with Crippen LogP contribution in [0.1, 0.15) is 89.2 Å². The number of aryl methyl sites for hydroxylation is 2. The van der Waals surface area contributed by atoms with Crippen molar-refractivity contribution in [1.82, 2.24) is 0 Å². The van der Waals surface area contributed by atoms with E-state index in [0.29, 0.717) is 25.7 Å². The van der Waals surface area contributed by atoms with Gasteiger partial charge in [0.2, 0.25) is 0 Å². The van der Waals surface area contributed by atoms with Gasteiger partial charge in [-0.05, 0) is 94.9 Å². The standard InChI is InChI=1S/C24H36O6/c1-23(2,22(28)29)11-7-3-5-9-18-15-21(27)19(16-20(18)26)10-6-4-8-12-24(13-14-24)30-17-25/h15-17,26-27H,3-14H2,1-2H3,(H,28,29). The van der Waals surface area contributed by atoms with Crippen molar-refractivity contribution in [2.75, 3.05) is 0 Å². The average molecular weight is 421 g/mol. The van der Waals surface area contributed by atoms with Gasteiger partial charge in [0, 0.05) is 0 Å². The summed E-state index contributed by atoms with van der Waals surface area (Å²) in [5.74, 6) is -0.343. The first kappa shape index (κ1) is 24.0. The van der Waals surface area contributed by atoms with E-state index in [2.05, 4.69) is 0 Å². The number of aliphatic carboxylic acids is 1. The summed E-state index contributed by atoms with van der Waals surface area (Å²) in [4.78, 5) is 21.6. The number of carboxylic acids is 1. The van der Waals surface area contributed by atoms with E-state index in [1.165, 1.54) is 0 Å². The molecule has 3 N–H and O–H groups in total. The number of benzene rings is 1. The fourth-order valence-corrected chi connectivity index (χ4v) is 3.84. The lowest BCUT2D eigenvalue weighted by molar-refractivity contribution is -0.147. The van der Waals surface area contributed by atoms with Gasteiger partial charge in [0.05, 0.1) is 5.41 Å². The summed E-state index contributed by atoms with van der Waals surface area (Å²) in [5, 5.41) is 29.8.